The maximum atomic E-state index is 13.5. The lowest BCUT2D eigenvalue weighted by Gasteiger charge is -2.26. The molecule has 3 aromatic carbocycles. The monoisotopic (exact) mass is 505 g/mol. The molecule has 2 N–H and O–H groups in total. The van der Waals surface area contributed by atoms with Crippen molar-refractivity contribution < 1.29 is 19.1 Å². The molecule has 1 aliphatic rings. The topological polar surface area (TPSA) is 87.7 Å². The maximum Gasteiger partial charge on any atom is 0.325 e. The number of imide groups is 1. The minimum Gasteiger partial charge on any atom is -0.496 e. The maximum absolute atomic E-state index is 13.5. The molecule has 1 aliphatic heterocycles. The van der Waals surface area contributed by atoms with Crippen LogP contribution in [0.3, 0.4) is 0 Å². The Morgan fingerprint density at radius 2 is 1.78 bits per heavy atom. The van der Waals surface area contributed by atoms with Gasteiger partial charge in [0.15, 0.2) is 0 Å². The van der Waals surface area contributed by atoms with Gasteiger partial charge in [0.05, 0.1) is 19.1 Å². The number of hydrogen-bond donors (Lipinski definition) is 2. The molecule has 2 atom stereocenters. The van der Waals surface area contributed by atoms with Crippen LogP contribution >= 0.6 is 11.6 Å². The van der Waals surface area contributed by atoms with Gasteiger partial charge in [0.2, 0.25) is 11.8 Å². The molecule has 186 valence electrons. The summed E-state index contributed by atoms with van der Waals surface area (Å²) < 4.78 is 5.41. The first-order chi connectivity index (χ1) is 17.4. The van der Waals surface area contributed by atoms with E-state index in [1.807, 2.05) is 60.7 Å². The van der Waals surface area contributed by atoms with Crippen molar-refractivity contribution in [2.24, 2.45) is 5.92 Å². The minimum absolute atomic E-state index is 0.114. The number of carbonyl (C=O) groups is 3. The van der Waals surface area contributed by atoms with Crippen LogP contribution in [-0.4, -0.2) is 42.9 Å². The van der Waals surface area contributed by atoms with E-state index in [4.69, 9.17) is 16.3 Å². The fourth-order valence-electron chi connectivity index (χ4n) is 4.34. The number of rotatable bonds is 7. The zero-order chi connectivity index (χ0) is 25.5. The van der Waals surface area contributed by atoms with E-state index in [-0.39, 0.29) is 25.6 Å². The number of benzene rings is 3. The van der Waals surface area contributed by atoms with Crippen LogP contribution in [0.1, 0.15) is 22.7 Å². The first-order valence-electron chi connectivity index (χ1n) is 11.7. The van der Waals surface area contributed by atoms with Crippen molar-refractivity contribution in [3.8, 4) is 5.75 Å². The van der Waals surface area contributed by atoms with Gasteiger partial charge in [-0.25, -0.2) is 4.79 Å². The van der Waals surface area contributed by atoms with Crippen LogP contribution in [0.4, 0.5) is 4.79 Å². The first-order valence-corrected chi connectivity index (χ1v) is 12.1. The van der Waals surface area contributed by atoms with Gasteiger partial charge >= 0.3 is 6.03 Å². The van der Waals surface area contributed by atoms with Gasteiger partial charge < -0.3 is 15.4 Å². The van der Waals surface area contributed by atoms with Crippen molar-refractivity contribution in [2.45, 2.75) is 18.9 Å². The fourth-order valence-corrected chi connectivity index (χ4v) is 4.53. The Hall–Kier alpha value is -3.84. The highest BCUT2D eigenvalue weighted by atomic mass is 35.5. The summed E-state index contributed by atoms with van der Waals surface area (Å²) in [4.78, 5) is 40.4. The second-order valence-corrected chi connectivity index (χ2v) is 9.12. The summed E-state index contributed by atoms with van der Waals surface area (Å²) in [7, 11) is 1.54. The first kappa shape index (κ1) is 25.3. The number of urea groups is 1. The zero-order valence-corrected chi connectivity index (χ0v) is 20.7. The van der Waals surface area contributed by atoms with Gasteiger partial charge in [-0.3, -0.25) is 14.5 Å². The average molecular weight is 506 g/mol. The lowest BCUT2D eigenvalue weighted by Crippen LogP contribution is -2.49. The molecule has 2 unspecified atom stereocenters. The normalized spacial score (nSPS) is 16.6. The van der Waals surface area contributed by atoms with Crippen LogP contribution in [0.25, 0.3) is 0 Å². The Labute approximate surface area is 215 Å². The van der Waals surface area contributed by atoms with Crippen molar-refractivity contribution in [3.63, 3.8) is 0 Å². The Bertz CT molecular complexity index is 1220. The van der Waals surface area contributed by atoms with E-state index in [1.165, 1.54) is 0 Å². The van der Waals surface area contributed by atoms with Crippen molar-refractivity contribution in [1.29, 1.82) is 0 Å². The predicted molar refractivity (Wildman–Crippen MR) is 138 cm³/mol. The van der Waals surface area contributed by atoms with Gasteiger partial charge in [-0.05, 0) is 47.7 Å². The molecule has 0 bridgehead atoms. The smallest absolute Gasteiger partial charge is 0.325 e. The zero-order valence-electron chi connectivity index (χ0n) is 19.9. The number of nitrogens with one attached hydrogen (secondary N) is 2. The van der Waals surface area contributed by atoms with Crippen molar-refractivity contribution in [3.05, 3.63) is 101 Å². The minimum atomic E-state index is -0.654. The van der Waals surface area contributed by atoms with Crippen LogP contribution in [0.5, 0.6) is 5.75 Å². The standard InChI is InChI=1S/C28H28ClN3O4/c1-36-25-13-12-23(29)16-21(25)15-22-17-30-26(33)18-32(27(22)34)28(35)31-24(20-10-6-3-7-11-20)14-19-8-4-2-5-9-19/h2-13,16,22,24H,14-15,17-18H2,1H3,(H,30,33)(H,31,35). The van der Waals surface area contributed by atoms with Crippen LogP contribution in [0.15, 0.2) is 78.9 Å². The molecule has 8 heteroatoms. The van der Waals surface area contributed by atoms with Gasteiger partial charge in [-0.2, -0.15) is 0 Å². The number of amides is 4. The summed E-state index contributed by atoms with van der Waals surface area (Å²) in [6, 6.07) is 23.5. The van der Waals surface area contributed by atoms with Gasteiger partial charge in [0.25, 0.3) is 0 Å². The van der Waals surface area contributed by atoms with E-state index >= 15 is 0 Å². The van der Waals surface area contributed by atoms with E-state index < -0.39 is 23.8 Å². The highest BCUT2D eigenvalue weighted by Crippen LogP contribution is 2.27. The molecule has 0 saturated carbocycles. The summed E-state index contributed by atoms with van der Waals surface area (Å²) >= 11 is 6.16. The highest BCUT2D eigenvalue weighted by Gasteiger charge is 2.35. The number of nitrogens with zero attached hydrogens (tertiary/aromatic N) is 1. The molecule has 0 radical (unpaired) electrons. The summed E-state index contributed by atoms with van der Waals surface area (Å²) in [6.45, 7) is -0.232. The van der Waals surface area contributed by atoms with E-state index in [0.717, 1.165) is 21.6 Å². The lowest BCUT2D eigenvalue weighted by atomic mass is 9.97. The van der Waals surface area contributed by atoms with Crippen molar-refractivity contribution >= 4 is 29.4 Å². The molecule has 3 aromatic rings. The third kappa shape index (κ3) is 6.23. The lowest BCUT2D eigenvalue weighted by molar-refractivity contribution is -0.133. The van der Waals surface area contributed by atoms with Crippen molar-refractivity contribution in [1.82, 2.24) is 15.5 Å². The van der Waals surface area contributed by atoms with Gasteiger partial charge in [-0.15, -0.1) is 0 Å². The molecule has 4 amide bonds. The molecule has 36 heavy (non-hydrogen) atoms. The fraction of sp³-hybridized carbons (Fsp3) is 0.250. The summed E-state index contributed by atoms with van der Waals surface area (Å²) in [6.07, 6.45) is 0.798. The molecular weight excluding hydrogens is 478 g/mol. The molecule has 1 saturated heterocycles. The van der Waals surface area contributed by atoms with Crippen LogP contribution in [0.2, 0.25) is 5.02 Å². The third-order valence-corrected chi connectivity index (χ3v) is 6.43. The van der Waals surface area contributed by atoms with E-state index in [0.29, 0.717) is 17.2 Å². The molecular formula is C28H28ClN3O4. The number of methoxy groups -OCH3 is 1. The molecule has 0 spiro atoms. The number of halogens is 1. The van der Waals surface area contributed by atoms with E-state index in [2.05, 4.69) is 10.6 Å². The van der Waals surface area contributed by atoms with Gasteiger partial charge in [-0.1, -0.05) is 72.3 Å². The quantitative estimate of drug-likeness (QED) is 0.504. The molecule has 0 aliphatic carbocycles. The van der Waals surface area contributed by atoms with E-state index in [9.17, 15) is 14.4 Å². The Kier molecular flexibility index (Phi) is 8.23. The van der Waals surface area contributed by atoms with Crippen LogP contribution in [0, 0.1) is 5.92 Å². The summed E-state index contributed by atoms with van der Waals surface area (Å²) in [5.41, 5.74) is 2.67. The Morgan fingerprint density at radius 1 is 1.08 bits per heavy atom. The summed E-state index contributed by atoms with van der Waals surface area (Å²) in [5, 5.41) is 6.25. The van der Waals surface area contributed by atoms with E-state index in [1.54, 1.807) is 25.3 Å². The van der Waals surface area contributed by atoms with Crippen LogP contribution in [-0.2, 0) is 22.4 Å². The SMILES string of the molecule is COc1ccc(Cl)cc1CC1CNC(=O)CN(C(=O)NC(Cc2ccccc2)c2ccccc2)C1=O. The molecule has 0 aromatic heterocycles. The second kappa shape index (κ2) is 11.7. The van der Waals surface area contributed by atoms with Gasteiger partial charge in [0.1, 0.15) is 12.3 Å². The Balaban J connectivity index is 1.56. The van der Waals surface area contributed by atoms with Gasteiger partial charge in [0, 0.05) is 11.6 Å². The molecule has 4 rings (SSSR count). The Morgan fingerprint density at radius 3 is 2.47 bits per heavy atom. The highest BCUT2D eigenvalue weighted by molar-refractivity contribution is 6.30. The van der Waals surface area contributed by atoms with Crippen LogP contribution < -0.4 is 15.4 Å². The number of ether oxygens (including phenoxy) is 1. The molecule has 1 fully saturated rings. The largest absolute Gasteiger partial charge is 0.496 e. The predicted octanol–water partition coefficient (Wildman–Crippen LogP) is 4.16. The number of carbonyl (C=O) groups excluding carboxylic acids is 3. The summed E-state index contributed by atoms with van der Waals surface area (Å²) in [5.74, 6) is -0.887. The number of hydrogen-bond acceptors (Lipinski definition) is 4. The average Bonchev–Trinajstić information content (AvgIpc) is 3.03. The molecule has 1 heterocycles. The molecule has 7 nitrogen and oxygen atoms in total. The van der Waals surface area contributed by atoms with Crippen molar-refractivity contribution in [2.75, 3.05) is 20.2 Å². The second-order valence-electron chi connectivity index (χ2n) is 8.69. The third-order valence-electron chi connectivity index (χ3n) is 6.20.